The molecule has 0 aromatic heterocycles. The number of fused-ring (bicyclic) bond motifs is 1. The Hall–Kier alpha value is -2.49. The highest BCUT2D eigenvalue weighted by Gasteiger charge is 2.25. The Morgan fingerprint density at radius 1 is 1.29 bits per heavy atom. The SMILES string of the molecule is Cc1cc(O)ccc1C(=O)N1CCCc2c(N)cccc21. The zero-order valence-corrected chi connectivity index (χ0v) is 12.0. The van der Waals surface area contributed by atoms with Crippen LogP contribution in [-0.4, -0.2) is 17.6 Å². The van der Waals surface area contributed by atoms with Crippen molar-refractivity contribution in [2.75, 3.05) is 17.2 Å². The van der Waals surface area contributed by atoms with E-state index in [-0.39, 0.29) is 11.7 Å². The number of carbonyl (C=O) groups is 1. The molecule has 2 aromatic rings. The zero-order valence-electron chi connectivity index (χ0n) is 12.0. The quantitative estimate of drug-likeness (QED) is 0.790. The van der Waals surface area contributed by atoms with Gasteiger partial charge < -0.3 is 15.7 Å². The molecule has 0 spiro atoms. The number of rotatable bonds is 1. The molecule has 1 amide bonds. The Bertz CT molecular complexity index is 710. The van der Waals surface area contributed by atoms with Gasteiger partial charge in [-0.05, 0) is 61.2 Å². The van der Waals surface area contributed by atoms with Crippen LogP contribution >= 0.6 is 0 Å². The van der Waals surface area contributed by atoms with Crippen molar-refractivity contribution in [2.45, 2.75) is 19.8 Å². The molecule has 3 rings (SSSR count). The van der Waals surface area contributed by atoms with Crippen LogP contribution in [0.3, 0.4) is 0 Å². The van der Waals surface area contributed by atoms with Crippen molar-refractivity contribution in [3.8, 4) is 5.75 Å². The van der Waals surface area contributed by atoms with Crippen molar-refractivity contribution in [3.05, 3.63) is 53.1 Å². The van der Waals surface area contributed by atoms with Gasteiger partial charge in [0.25, 0.3) is 5.91 Å². The molecule has 3 N–H and O–H groups in total. The normalized spacial score (nSPS) is 13.9. The van der Waals surface area contributed by atoms with Crippen LogP contribution in [0.5, 0.6) is 5.75 Å². The van der Waals surface area contributed by atoms with Gasteiger partial charge in [0, 0.05) is 23.5 Å². The molecule has 0 radical (unpaired) electrons. The van der Waals surface area contributed by atoms with E-state index in [1.54, 1.807) is 23.1 Å². The third kappa shape index (κ3) is 2.33. The van der Waals surface area contributed by atoms with Crippen molar-refractivity contribution in [3.63, 3.8) is 0 Å². The lowest BCUT2D eigenvalue weighted by molar-refractivity contribution is 0.0984. The molecule has 1 heterocycles. The Morgan fingerprint density at radius 3 is 2.86 bits per heavy atom. The highest BCUT2D eigenvalue weighted by atomic mass is 16.3. The van der Waals surface area contributed by atoms with Gasteiger partial charge in [0.1, 0.15) is 5.75 Å². The van der Waals surface area contributed by atoms with E-state index < -0.39 is 0 Å². The van der Waals surface area contributed by atoms with Crippen LogP contribution in [-0.2, 0) is 6.42 Å². The molecule has 0 aliphatic carbocycles. The van der Waals surface area contributed by atoms with Crippen molar-refractivity contribution < 1.29 is 9.90 Å². The molecule has 0 fully saturated rings. The van der Waals surface area contributed by atoms with Crippen LogP contribution in [0, 0.1) is 6.92 Å². The largest absolute Gasteiger partial charge is 0.508 e. The molecule has 4 heteroatoms. The van der Waals surface area contributed by atoms with Crippen LogP contribution in [0.4, 0.5) is 11.4 Å². The topological polar surface area (TPSA) is 66.6 Å². The summed E-state index contributed by atoms with van der Waals surface area (Å²) in [4.78, 5) is 14.6. The molecule has 1 aliphatic rings. The highest BCUT2D eigenvalue weighted by Crippen LogP contribution is 2.32. The third-order valence-corrected chi connectivity index (χ3v) is 3.97. The predicted octanol–water partition coefficient (Wildman–Crippen LogP) is 2.88. The fourth-order valence-electron chi connectivity index (χ4n) is 2.90. The summed E-state index contributed by atoms with van der Waals surface area (Å²) in [6, 6.07) is 10.5. The fraction of sp³-hybridized carbons (Fsp3) is 0.235. The molecule has 0 saturated heterocycles. The van der Waals surface area contributed by atoms with Gasteiger partial charge in [-0.3, -0.25) is 4.79 Å². The van der Waals surface area contributed by atoms with E-state index in [4.69, 9.17) is 5.73 Å². The van der Waals surface area contributed by atoms with Crippen LogP contribution in [0.1, 0.15) is 27.9 Å². The number of aromatic hydroxyl groups is 1. The maximum Gasteiger partial charge on any atom is 0.258 e. The molecule has 21 heavy (non-hydrogen) atoms. The minimum Gasteiger partial charge on any atom is -0.508 e. The number of nitrogen functional groups attached to an aromatic ring is 1. The molecule has 2 aromatic carbocycles. The van der Waals surface area contributed by atoms with Gasteiger partial charge in [-0.15, -0.1) is 0 Å². The molecule has 108 valence electrons. The first kappa shape index (κ1) is 13.5. The van der Waals surface area contributed by atoms with Crippen LogP contribution in [0.2, 0.25) is 0 Å². The number of benzene rings is 2. The van der Waals surface area contributed by atoms with Gasteiger partial charge in [-0.1, -0.05) is 6.07 Å². The molecule has 0 atom stereocenters. The first-order valence-electron chi connectivity index (χ1n) is 7.07. The number of aryl methyl sites for hydroxylation is 1. The first-order valence-corrected chi connectivity index (χ1v) is 7.07. The average molecular weight is 282 g/mol. The minimum absolute atomic E-state index is 0.0425. The van der Waals surface area contributed by atoms with Crippen molar-refractivity contribution in [2.24, 2.45) is 0 Å². The number of anilines is 2. The summed E-state index contributed by atoms with van der Waals surface area (Å²) in [5.41, 5.74) is 10.1. The zero-order chi connectivity index (χ0) is 15.0. The van der Waals surface area contributed by atoms with Gasteiger partial charge in [0.2, 0.25) is 0 Å². The second-order valence-corrected chi connectivity index (χ2v) is 5.40. The smallest absolute Gasteiger partial charge is 0.258 e. The number of nitrogens with two attached hydrogens (primary N) is 1. The van der Waals surface area contributed by atoms with Gasteiger partial charge in [-0.2, -0.15) is 0 Å². The van der Waals surface area contributed by atoms with E-state index in [0.717, 1.165) is 35.3 Å². The standard InChI is InChI=1S/C17H18N2O2/c1-11-10-12(20)7-8-13(11)17(21)19-9-3-4-14-15(18)5-2-6-16(14)19/h2,5-8,10,20H,3-4,9,18H2,1H3. The Balaban J connectivity index is 2.02. The monoisotopic (exact) mass is 282 g/mol. The van der Waals surface area contributed by atoms with Gasteiger partial charge in [-0.25, -0.2) is 0 Å². The number of carbonyl (C=O) groups excluding carboxylic acids is 1. The predicted molar refractivity (Wildman–Crippen MR) is 83.7 cm³/mol. The molecule has 0 bridgehead atoms. The Labute approximate surface area is 123 Å². The summed E-state index contributed by atoms with van der Waals surface area (Å²) in [6.07, 6.45) is 1.81. The van der Waals surface area contributed by atoms with Crippen molar-refractivity contribution in [1.29, 1.82) is 0 Å². The molecule has 1 aliphatic heterocycles. The minimum atomic E-state index is -0.0425. The average Bonchev–Trinajstić information content (AvgIpc) is 2.46. The van der Waals surface area contributed by atoms with E-state index in [2.05, 4.69) is 0 Å². The molecule has 0 unspecified atom stereocenters. The molecular weight excluding hydrogens is 264 g/mol. The van der Waals surface area contributed by atoms with Crippen molar-refractivity contribution >= 4 is 17.3 Å². The number of phenolic OH excluding ortho intramolecular Hbond substituents is 1. The summed E-state index contributed by atoms with van der Waals surface area (Å²) < 4.78 is 0. The summed E-state index contributed by atoms with van der Waals surface area (Å²) >= 11 is 0. The number of phenols is 1. The summed E-state index contributed by atoms with van der Waals surface area (Å²) in [5, 5.41) is 9.48. The second-order valence-electron chi connectivity index (χ2n) is 5.40. The maximum absolute atomic E-state index is 12.8. The van der Waals surface area contributed by atoms with Gasteiger partial charge in [0.15, 0.2) is 0 Å². The van der Waals surface area contributed by atoms with Gasteiger partial charge in [0.05, 0.1) is 0 Å². The van der Waals surface area contributed by atoms with Crippen molar-refractivity contribution in [1.82, 2.24) is 0 Å². The van der Waals surface area contributed by atoms with E-state index in [9.17, 15) is 9.90 Å². The number of hydrogen-bond acceptors (Lipinski definition) is 3. The van der Waals surface area contributed by atoms with E-state index in [1.165, 1.54) is 0 Å². The summed E-state index contributed by atoms with van der Waals surface area (Å²) in [5.74, 6) is 0.131. The maximum atomic E-state index is 12.8. The Kier molecular flexibility index (Phi) is 3.29. The number of hydrogen-bond donors (Lipinski definition) is 2. The van der Waals surface area contributed by atoms with E-state index in [0.29, 0.717) is 12.1 Å². The number of amides is 1. The lowest BCUT2D eigenvalue weighted by Gasteiger charge is -2.30. The van der Waals surface area contributed by atoms with E-state index in [1.807, 2.05) is 25.1 Å². The lowest BCUT2D eigenvalue weighted by atomic mass is 9.98. The fourth-order valence-corrected chi connectivity index (χ4v) is 2.90. The van der Waals surface area contributed by atoms with E-state index >= 15 is 0 Å². The summed E-state index contributed by atoms with van der Waals surface area (Å²) in [7, 11) is 0. The van der Waals surface area contributed by atoms with Gasteiger partial charge >= 0.3 is 0 Å². The highest BCUT2D eigenvalue weighted by molar-refractivity contribution is 6.08. The Morgan fingerprint density at radius 2 is 2.10 bits per heavy atom. The van der Waals surface area contributed by atoms with Crippen LogP contribution < -0.4 is 10.6 Å². The second kappa shape index (κ2) is 5.13. The van der Waals surface area contributed by atoms with Crippen LogP contribution in [0.25, 0.3) is 0 Å². The molecule has 0 saturated carbocycles. The number of nitrogens with zero attached hydrogens (tertiary/aromatic N) is 1. The summed E-state index contributed by atoms with van der Waals surface area (Å²) in [6.45, 7) is 2.52. The lowest BCUT2D eigenvalue weighted by Crippen LogP contribution is -2.36. The third-order valence-electron chi connectivity index (χ3n) is 3.97. The molecular formula is C17H18N2O2. The first-order chi connectivity index (χ1) is 10.1. The molecule has 4 nitrogen and oxygen atoms in total. The van der Waals surface area contributed by atoms with Crippen LogP contribution in [0.15, 0.2) is 36.4 Å².